The van der Waals surface area contributed by atoms with E-state index in [1.807, 2.05) is 45.9 Å². The van der Waals surface area contributed by atoms with Crippen molar-refractivity contribution in [2.24, 2.45) is 0 Å². The normalized spacial score (nSPS) is 25.8. The van der Waals surface area contributed by atoms with Crippen molar-refractivity contribution in [3.63, 3.8) is 0 Å². The summed E-state index contributed by atoms with van der Waals surface area (Å²) in [5, 5.41) is 9.75. The van der Waals surface area contributed by atoms with E-state index in [1.165, 1.54) is 0 Å². The van der Waals surface area contributed by atoms with Gasteiger partial charge < -0.3 is 10.0 Å². The number of piperazine rings is 1. The zero-order chi connectivity index (χ0) is 16.5. The van der Waals surface area contributed by atoms with Gasteiger partial charge in [-0.3, -0.25) is 4.79 Å². The van der Waals surface area contributed by atoms with Crippen LogP contribution in [0.5, 0.6) is 0 Å². The first-order valence-electron chi connectivity index (χ1n) is 7.66. The maximum Gasteiger partial charge on any atom is 0.514 e. The lowest BCUT2D eigenvalue weighted by Gasteiger charge is -2.50. The average molecular weight is 305 g/mol. The number of rotatable bonds is 1. The molecular weight excluding hydrogens is 280 g/mol. The molecule has 0 bridgehead atoms. The highest BCUT2D eigenvalue weighted by molar-refractivity contribution is 5.94. The predicted molar refractivity (Wildman–Crippen MR) is 84.7 cm³/mol. The van der Waals surface area contributed by atoms with Crippen molar-refractivity contribution in [1.29, 1.82) is 0 Å². The minimum Gasteiger partial charge on any atom is -0.435 e. The molecule has 1 unspecified atom stereocenters. The van der Waals surface area contributed by atoms with E-state index in [0.717, 1.165) is 0 Å². The highest BCUT2D eigenvalue weighted by Crippen LogP contribution is 2.30. The fraction of sp³-hybridized carbons (Fsp3) is 0.529. The van der Waals surface area contributed by atoms with Crippen molar-refractivity contribution in [3.05, 3.63) is 35.9 Å². The zero-order valence-corrected chi connectivity index (χ0v) is 13.7. The molecule has 1 aromatic rings. The van der Waals surface area contributed by atoms with Crippen LogP contribution in [0.3, 0.4) is 0 Å². The number of carboxylic acid groups (broad SMARTS) is 1. The molecule has 1 N–H and O–H groups in total. The molecule has 2 amide bonds. The number of quaternary nitrogens is 1. The average Bonchev–Trinajstić information content (AvgIpc) is 2.46. The first-order chi connectivity index (χ1) is 10.2. The fourth-order valence-corrected chi connectivity index (χ4v) is 3.26. The second kappa shape index (κ2) is 5.72. The monoisotopic (exact) mass is 305 g/mol. The van der Waals surface area contributed by atoms with Crippen LogP contribution in [-0.2, 0) is 0 Å². The molecule has 5 nitrogen and oxygen atoms in total. The summed E-state index contributed by atoms with van der Waals surface area (Å²) in [4.78, 5) is 26.3. The molecule has 1 fully saturated rings. The lowest BCUT2D eigenvalue weighted by atomic mass is 9.97. The van der Waals surface area contributed by atoms with Crippen molar-refractivity contribution < 1.29 is 19.2 Å². The van der Waals surface area contributed by atoms with Gasteiger partial charge in [0.1, 0.15) is 18.6 Å². The Hall–Kier alpha value is -1.88. The smallest absolute Gasteiger partial charge is 0.435 e. The van der Waals surface area contributed by atoms with Gasteiger partial charge in [0, 0.05) is 5.56 Å². The first-order valence-corrected chi connectivity index (χ1v) is 7.66. The molecule has 1 saturated heterocycles. The van der Waals surface area contributed by atoms with Gasteiger partial charge in [-0.25, -0.2) is 4.48 Å². The van der Waals surface area contributed by atoms with Gasteiger partial charge >= 0.3 is 6.09 Å². The third-order valence-electron chi connectivity index (χ3n) is 4.76. The molecule has 0 spiro atoms. The predicted octanol–water partition coefficient (Wildman–Crippen LogP) is 2.82. The molecule has 1 aliphatic rings. The summed E-state index contributed by atoms with van der Waals surface area (Å²) in [6, 6.07) is 9.04. The van der Waals surface area contributed by atoms with Crippen molar-refractivity contribution >= 4 is 12.0 Å². The largest absolute Gasteiger partial charge is 0.514 e. The van der Waals surface area contributed by atoms with Gasteiger partial charge in [-0.2, -0.15) is 4.79 Å². The topological polar surface area (TPSA) is 57.6 Å². The van der Waals surface area contributed by atoms with E-state index in [9.17, 15) is 14.7 Å². The Morgan fingerprint density at radius 3 is 2.27 bits per heavy atom. The van der Waals surface area contributed by atoms with E-state index < -0.39 is 11.6 Å². The number of nitrogens with zero attached hydrogens (tertiary/aromatic N) is 2. The number of amides is 2. The van der Waals surface area contributed by atoms with Crippen LogP contribution in [0.25, 0.3) is 0 Å². The van der Waals surface area contributed by atoms with Gasteiger partial charge in [0.15, 0.2) is 0 Å². The summed E-state index contributed by atoms with van der Waals surface area (Å²) in [6.45, 7) is 9.09. The lowest BCUT2D eigenvalue weighted by molar-refractivity contribution is -0.909. The van der Waals surface area contributed by atoms with Crippen LogP contribution in [0.1, 0.15) is 38.1 Å². The minimum absolute atomic E-state index is 0.00721. The molecule has 1 aliphatic heterocycles. The second-order valence-corrected chi connectivity index (χ2v) is 7.04. The number of hydrogen-bond donors (Lipinski definition) is 1. The maximum atomic E-state index is 12.6. The Morgan fingerprint density at radius 2 is 1.82 bits per heavy atom. The van der Waals surface area contributed by atoms with Crippen LogP contribution in [0.2, 0.25) is 0 Å². The Balaban J connectivity index is 2.23. The van der Waals surface area contributed by atoms with E-state index in [-0.39, 0.29) is 16.4 Å². The highest BCUT2D eigenvalue weighted by atomic mass is 16.4. The molecule has 0 radical (unpaired) electrons. The summed E-state index contributed by atoms with van der Waals surface area (Å²) in [7, 11) is 0. The number of benzene rings is 1. The SMILES string of the molecule is C[C@@H]1C[N+](C(=O)O)(C(C)(C)C)CCN1C(=O)c1ccccc1. The fourth-order valence-electron chi connectivity index (χ4n) is 3.26. The molecule has 2 atom stereocenters. The summed E-state index contributed by atoms with van der Waals surface area (Å²) >= 11 is 0. The Morgan fingerprint density at radius 1 is 1.23 bits per heavy atom. The number of carbonyl (C=O) groups excluding carboxylic acids is 1. The van der Waals surface area contributed by atoms with E-state index in [2.05, 4.69) is 0 Å². The van der Waals surface area contributed by atoms with E-state index in [4.69, 9.17) is 0 Å². The van der Waals surface area contributed by atoms with E-state index in [0.29, 0.717) is 25.2 Å². The minimum atomic E-state index is -0.814. The van der Waals surface area contributed by atoms with Gasteiger partial charge in [0.05, 0.1) is 12.6 Å². The molecule has 5 heteroatoms. The molecule has 1 heterocycles. The molecular formula is C17H25N2O3+. The molecule has 22 heavy (non-hydrogen) atoms. The van der Waals surface area contributed by atoms with Gasteiger partial charge in [-0.05, 0) is 39.8 Å². The molecule has 0 aromatic heterocycles. The Labute approximate surface area is 131 Å². The first kappa shape index (κ1) is 16.5. The molecule has 120 valence electrons. The van der Waals surface area contributed by atoms with Crippen LogP contribution in [0.15, 0.2) is 30.3 Å². The van der Waals surface area contributed by atoms with Crippen LogP contribution in [0.4, 0.5) is 4.79 Å². The van der Waals surface area contributed by atoms with Crippen molar-refractivity contribution in [2.45, 2.75) is 39.3 Å². The van der Waals surface area contributed by atoms with Crippen LogP contribution < -0.4 is 0 Å². The van der Waals surface area contributed by atoms with Crippen molar-refractivity contribution in [1.82, 2.24) is 4.90 Å². The third kappa shape index (κ3) is 2.73. The standard InChI is InChI=1S/C17H24N2O3/c1-13-12-19(16(21)22,17(2,3)4)11-10-18(13)15(20)14-8-6-5-7-9-14/h5-9,13H,10-12H2,1-4H3/p+1/t13-,19?/m1/s1. The highest BCUT2D eigenvalue weighted by Gasteiger charge is 2.52. The molecule has 2 rings (SSSR count). The van der Waals surface area contributed by atoms with Crippen LogP contribution in [0, 0.1) is 0 Å². The van der Waals surface area contributed by atoms with E-state index >= 15 is 0 Å². The van der Waals surface area contributed by atoms with Gasteiger partial charge in [-0.15, -0.1) is 0 Å². The lowest BCUT2D eigenvalue weighted by Crippen LogP contribution is -2.72. The number of hydrogen-bond acceptors (Lipinski definition) is 2. The zero-order valence-electron chi connectivity index (χ0n) is 13.7. The van der Waals surface area contributed by atoms with Gasteiger partial charge in [0.2, 0.25) is 0 Å². The van der Waals surface area contributed by atoms with Crippen LogP contribution >= 0.6 is 0 Å². The Kier molecular flexibility index (Phi) is 4.29. The summed E-state index contributed by atoms with van der Waals surface area (Å²) in [5.41, 5.74) is 0.252. The quantitative estimate of drug-likeness (QED) is 0.812. The van der Waals surface area contributed by atoms with Gasteiger partial charge in [-0.1, -0.05) is 18.2 Å². The summed E-state index contributed by atoms with van der Waals surface area (Å²) < 4.78 is -0.00721. The summed E-state index contributed by atoms with van der Waals surface area (Å²) in [6.07, 6.45) is -0.814. The van der Waals surface area contributed by atoms with E-state index in [1.54, 1.807) is 17.0 Å². The molecule has 0 saturated carbocycles. The third-order valence-corrected chi connectivity index (χ3v) is 4.76. The van der Waals surface area contributed by atoms with Gasteiger partial charge in [0.25, 0.3) is 5.91 Å². The molecule has 1 aromatic carbocycles. The Bertz CT molecular complexity index is 565. The maximum absolute atomic E-state index is 12.6. The van der Waals surface area contributed by atoms with Crippen LogP contribution in [-0.4, -0.2) is 57.7 Å². The van der Waals surface area contributed by atoms with Crippen molar-refractivity contribution in [2.75, 3.05) is 19.6 Å². The van der Waals surface area contributed by atoms with Crippen molar-refractivity contribution in [3.8, 4) is 0 Å². The molecule has 0 aliphatic carbocycles. The summed E-state index contributed by atoms with van der Waals surface area (Å²) in [5.74, 6) is -0.0230. The number of carbonyl (C=O) groups is 2. The second-order valence-electron chi connectivity index (χ2n) is 7.04.